The second kappa shape index (κ2) is 6.37. The Morgan fingerprint density at radius 1 is 1.35 bits per heavy atom. The topological polar surface area (TPSA) is 94.5 Å². The molecule has 0 radical (unpaired) electrons. The Kier molecular flexibility index (Phi) is 4.29. The van der Waals surface area contributed by atoms with Crippen LogP contribution in [0.2, 0.25) is 0 Å². The van der Waals surface area contributed by atoms with Crippen molar-refractivity contribution in [2.45, 2.75) is 25.3 Å². The quantitative estimate of drug-likeness (QED) is 0.900. The molecular formula is C16H20N4O3. The third-order valence-electron chi connectivity index (χ3n) is 4.33. The maximum atomic E-state index is 12.4. The minimum absolute atomic E-state index is 0.00439. The molecule has 2 unspecified atom stereocenters. The summed E-state index contributed by atoms with van der Waals surface area (Å²) in [5, 5.41) is 7.46. The second-order valence-electron chi connectivity index (χ2n) is 5.82. The highest BCUT2D eigenvalue weighted by Crippen LogP contribution is 2.28. The van der Waals surface area contributed by atoms with E-state index >= 15 is 0 Å². The zero-order valence-electron chi connectivity index (χ0n) is 13.2. The predicted octanol–water partition coefficient (Wildman–Crippen LogP) is 0.882. The number of hydrogen-bond donors (Lipinski definition) is 1. The molecule has 2 N–H and O–H groups in total. The molecule has 2 aromatic rings. The minimum atomic E-state index is -0.0797. The molecule has 0 spiro atoms. The van der Waals surface area contributed by atoms with Crippen molar-refractivity contribution in [2.75, 3.05) is 20.2 Å². The number of aryl methyl sites for hydroxylation is 1. The third-order valence-corrected chi connectivity index (χ3v) is 4.33. The molecule has 1 amide bonds. The van der Waals surface area contributed by atoms with Gasteiger partial charge in [-0.3, -0.25) is 4.79 Å². The lowest BCUT2D eigenvalue weighted by Crippen LogP contribution is -2.33. The Morgan fingerprint density at radius 3 is 2.70 bits per heavy atom. The number of nitrogens with zero attached hydrogens (tertiary/aromatic N) is 3. The van der Waals surface area contributed by atoms with Crippen molar-refractivity contribution in [1.82, 2.24) is 15.2 Å². The van der Waals surface area contributed by atoms with E-state index in [2.05, 4.69) is 14.9 Å². The zero-order chi connectivity index (χ0) is 16.4. The molecule has 7 heteroatoms. The van der Waals surface area contributed by atoms with E-state index in [-0.39, 0.29) is 24.3 Å². The van der Waals surface area contributed by atoms with E-state index < -0.39 is 0 Å². The van der Waals surface area contributed by atoms with Gasteiger partial charge in [0.25, 0.3) is 0 Å². The van der Waals surface area contributed by atoms with Crippen LogP contribution >= 0.6 is 0 Å². The van der Waals surface area contributed by atoms with Gasteiger partial charge in [0.2, 0.25) is 5.91 Å². The van der Waals surface area contributed by atoms with E-state index in [1.807, 2.05) is 24.3 Å². The lowest BCUT2D eigenvalue weighted by Gasteiger charge is -2.16. The summed E-state index contributed by atoms with van der Waals surface area (Å²) in [6.45, 7) is 2.92. The van der Waals surface area contributed by atoms with Gasteiger partial charge in [-0.05, 0) is 24.6 Å². The van der Waals surface area contributed by atoms with Gasteiger partial charge in [0.1, 0.15) is 17.1 Å². The molecule has 0 bridgehead atoms. The molecule has 2 heterocycles. The van der Waals surface area contributed by atoms with Gasteiger partial charge in [0.05, 0.1) is 13.5 Å². The Labute approximate surface area is 134 Å². The van der Waals surface area contributed by atoms with Crippen molar-refractivity contribution >= 4 is 5.91 Å². The van der Waals surface area contributed by atoms with Crippen LogP contribution < -0.4 is 10.5 Å². The lowest BCUT2D eigenvalue weighted by atomic mass is 9.95. The van der Waals surface area contributed by atoms with Crippen molar-refractivity contribution in [3.05, 3.63) is 41.2 Å². The number of amides is 1. The van der Waals surface area contributed by atoms with Crippen molar-refractivity contribution in [1.29, 1.82) is 0 Å². The number of aromatic nitrogens is 2. The van der Waals surface area contributed by atoms with Crippen LogP contribution in [0, 0.1) is 6.92 Å². The van der Waals surface area contributed by atoms with E-state index in [0.717, 1.165) is 11.3 Å². The first-order chi connectivity index (χ1) is 11.1. The number of benzene rings is 1. The fraction of sp³-hybridized carbons (Fsp3) is 0.438. The molecule has 1 aliphatic rings. The van der Waals surface area contributed by atoms with E-state index in [0.29, 0.717) is 24.5 Å². The minimum Gasteiger partial charge on any atom is -0.497 e. The number of nitrogens with two attached hydrogens (primary N) is 1. The summed E-state index contributed by atoms with van der Waals surface area (Å²) in [7, 11) is 1.64. The summed E-state index contributed by atoms with van der Waals surface area (Å²) in [6, 6.07) is 7.75. The third kappa shape index (κ3) is 3.19. The van der Waals surface area contributed by atoms with Crippen molar-refractivity contribution in [3.63, 3.8) is 0 Å². The summed E-state index contributed by atoms with van der Waals surface area (Å²) >= 11 is 0. The highest BCUT2D eigenvalue weighted by atomic mass is 16.6. The summed E-state index contributed by atoms with van der Waals surface area (Å²) in [4.78, 5) is 14.2. The van der Waals surface area contributed by atoms with Crippen LogP contribution in [0.25, 0.3) is 0 Å². The van der Waals surface area contributed by atoms with Crippen LogP contribution in [0.4, 0.5) is 0 Å². The molecule has 1 aliphatic heterocycles. The Balaban J connectivity index is 1.67. The number of likely N-dealkylation sites (tertiary alicyclic amines) is 1. The molecule has 0 aliphatic carbocycles. The molecule has 3 rings (SSSR count). The maximum Gasteiger partial charge on any atom is 0.228 e. The predicted molar refractivity (Wildman–Crippen MR) is 83.0 cm³/mol. The molecule has 122 valence electrons. The van der Waals surface area contributed by atoms with E-state index in [9.17, 15) is 4.79 Å². The van der Waals surface area contributed by atoms with Gasteiger partial charge in [0.15, 0.2) is 0 Å². The molecule has 1 aromatic heterocycles. The zero-order valence-corrected chi connectivity index (χ0v) is 13.2. The number of ether oxygens (including phenoxy) is 1. The Hall–Kier alpha value is -2.41. The standard InChI is InChI=1S/C16H20N4O3/c1-10-15(19-23-18-10)7-16(21)20-8-13(14(17)9-20)11-3-5-12(22-2)6-4-11/h3-6,13-14H,7-9,17H2,1-2H3. The summed E-state index contributed by atoms with van der Waals surface area (Å²) in [6.07, 6.45) is 0.192. The SMILES string of the molecule is COc1ccc(C2CN(C(=O)Cc3nonc3C)CC2N)cc1. The summed E-state index contributed by atoms with van der Waals surface area (Å²) in [5.74, 6) is 0.930. The van der Waals surface area contributed by atoms with Crippen LogP contribution in [-0.2, 0) is 11.2 Å². The van der Waals surface area contributed by atoms with Gasteiger partial charge in [-0.2, -0.15) is 0 Å². The fourth-order valence-electron chi connectivity index (χ4n) is 2.90. The number of carbonyl (C=O) groups is 1. The van der Waals surface area contributed by atoms with Crippen LogP contribution in [0.3, 0.4) is 0 Å². The van der Waals surface area contributed by atoms with E-state index in [4.69, 9.17) is 10.5 Å². The van der Waals surface area contributed by atoms with E-state index in [1.54, 1.807) is 18.9 Å². The first kappa shape index (κ1) is 15.5. The first-order valence-corrected chi connectivity index (χ1v) is 7.54. The van der Waals surface area contributed by atoms with Gasteiger partial charge in [-0.15, -0.1) is 0 Å². The molecule has 7 nitrogen and oxygen atoms in total. The van der Waals surface area contributed by atoms with Gasteiger partial charge < -0.3 is 15.4 Å². The average Bonchev–Trinajstić information content (AvgIpc) is 3.14. The van der Waals surface area contributed by atoms with Crippen molar-refractivity contribution in [3.8, 4) is 5.75 Å². The highest BCUT2D eigenvalue weighted by molar-refractivity contribution is 5.79. The van der Waals surface area contributed by atoms with Crippen LogP contribution in [0.5, 0.6) is 5.75 Å². The Bertz CT molecular complexity index is 683. The van der Waals surface area contributed by atoms with Crippen LogP contribution in [0.1, 0.15) is 22.9 Å². The van der Waals surface area contributed by atoms with Gasteiger partial charge in [0, 0.05) is 25.0 Å². The molecule has 23 heavy (non-hydrogen) atoms. The molecule has 0 saturated carbocycles. The van der Waals surface area contributed by atoms with E-state index in [1.165, 1.54) is 0 Å². The number of methoxy groups -OCH3 is 1. The second-order valence-corrected chi connectivity index (χ2v) is 5.82. The Morgan fingerprint density at radius 2 is 2.09 bits per heavy atom. The normalized spacial score (nSPS) is 20.7. The van der Waals surface area contributed by atoms with Crippen LogP contribution in [0.15, 0.2) is 28.9 Å². The summed E-state index contributed by atoms with van der Waals surface area (Å²) < 4.78 is 9.81. The first-order valence-electron chi connectivity index (χ1n) is 7.54. The highest BCUT2D eigenvalue weighted by Gasteiger charge is 2.34. The lowest BCUT2D eigenvalue weighted by molar-refractivity contribution is -0.129. The molecular weight excluding hydrogens is 296 g/mol. The van der Waals surface area contributed by atoms with Gasteiger partial charge in [-0.1, -0.05) is 22.4 Å². The fourth-order valence-corrected chi connectivity index (χ4v) is 2.90. The largest absolute Gasteiger partial charge is 0.497 e. The average molecular weight is 316 g/mol. The van der Waals surface area contributed by atoms with Gasteiger partial charge >= 0.3 is 0 Å². The van der Waals surface area contributed by atoms with Crippen molar-refractivity contribution in [2.24, 2.45) is 5.73 Å². The number of rotatable bonds is 4. The number of hydrogen-bond acceptors (Lipinski definition) is 6. The maximum absolute atomic E-state index is 12.4. The number of carbonyl (C=O) groups excluding carboxylic acids is 1. The van der Waals surface area contributed by atoms with Gasteiger partial charge in [-0.25, -0.2) is 4.63 Å². The van der Waals surface area contributed by atoms with Crippen LogP contribution in [-0.4, -0.2) is 47.4 Å². The molecule has 1 aromatic carbocycles. The monoisotopic (exact) mass is 316 g/mol. The molecule has 1 fully saturated rings. The molecule has 1 saturated heterocycles. The molecule has 2 atom stereocenters. The van der Waals surface area contributed by atoms with Crippen molar-refractivity contribution < 1.29 is 14.2 Å². The smallest absolute Gasteiger partial charge is 0.228 e. The summed E-state index contributed by atoms with van der Waals surface area (Å²) in [5.41, 5.74) is 8.59.